The van der Waals surface area contributed by atoms with Gasteiger partial charge in [0.1, 0.15) is 0 Å². The van der Waals surface area contributed by atoms with Crippen LogP contribution in [0.2, 0.25) is 0 Å². The third kappa shape index (κ3) is 4.67. The van der Waals surface area contributed by atoms with E-state index in [1.807, 2.05) is 0 Å². The van der Waals surface area contributed by atoms with E-state index in [9.17, 15) is 0 Å². The van der Waals surface area contributed by atoms with E-state index in [4.69, 9.17) is 7.98 Å². The minimum atomic E-state index is 0.628. The fourth-order valence-electron chi connectivity index (χ4n) is 0.284. The van der Waals surface area contributed by atoms with E-state index in [1.165, 1.54) is 12.4 Å². The number of hydrogen-bond acceptors (Lipinski definition) is 3. The molecular formula is C5H8BN3. The second-order valence-corrected chi connectivity index (χ2v) is 1.26. The summed E-state index contributed by atoms with van der Waals surface area (Å²) in [6.45, 7) is 6.98. The Morgan fingerprint density at radius 1 is 1.67 bits per heavy atom. The van der Waals surface area contributed by atoms with Crippen LogP contribution in [0.3, 0.4) is 0 Å². The van der Waals surface area contributed by atoms with E-state index < -0.39 is 0 Å². The highest BCUT2D eigenvalue weighted by Crippen LogP contribution is 1.74. The quantitative estimate of drug-likeness (QED) is 0.309. The zero-order chi connectivity index (χ0) is 7.11. The Morgan fingerprint density at radius 3 is 2.78 bits per heavy atom. The van der Waals surface area contributed by atoms with Crippen molar-refractivity contribution >= 4 is 14.2 Å². The van der Waals surface area contributed by atoms with Crippen molar-refractivity contribution in [3.05, 3.63) is 25.1 Å². The minimum Gasteiger partial charge on any atom is -0.366 e. The van der Waals surface area contributed by atoms with Gasteiger partial charge in [-0.15, -0.1) is 0 Å². The maximum Gasteiger partial charge on any atom is 0.251 e. The Labute approximate surface area is 56.0 Å². The summed E-state index contributed by atoms with van der Waals surface area (Å²) in [6.07, 6.45) is 2.95. The minimum absolute atomic E-state index is 0.628. The van der Waals surface area contributed by atoms with Gasteiger partial charge in [-0.1, -0.05) is 13.2 Å². The normalized spacial score (nSPS) is 8.89. The molecule has 0 amide bonds. The van der Waals surface area contributed by atoms with Crippen LogP contribution < -0.4 is 10.7 Å². The van der Waals surface area contributed by atoms with Gasteiger partial charge in [0, 0.05) is 0 Å². The second-order valence-electron chi connectivity index (χ2n) is 1.26. The van der Waals surface area contributed by atoms with Gasteiger partial charge in [-0.05, 0) is 6.20 Å². The van der Waals surface area contributed by atoms with Gasteiger partial charge in [-0.25, -0.2) is 5.10 Å². The highest BCUT2D eigenvalue weighted by atomic mass is 15.2. The zero-order valence-corrected chi connectivity index (χ0v) is 5.09. The van der Waals surface area contributed by atoms with Crippen molar-refractivity contribution in [2.75, 3.05) is 0 Å². The van der Waals surface area contributed by atoms with Crippen LogP contribution in [0.25, 0.3) is 0 Å². The Morgan fingerprint density at radius 2 is 2.33 bits per heavy atom. The van der Waals surface area contributed by atoms with Crippen molar-refractivity contribution < 1.29 is 0 Å². The van der Waals surface area contributed by atoms with Gasteiger partial charge >= 0.3 is 0 Å². The van der Waals surface area contributed by atoms with Gasteiger partial charge in [0.15, 0.2) is 0 Å². The van der Waals surface area contributed by atoms with Gasteiger partial charge in [0.05, 0.1) is 11.9 Å². The summed E-state index contributed by atoms with van der Waals surface area (Å²) in [5.74, 6) is 0. The van der Waals surface area contributed by atoms with Crippen LogP contribution in [0.15, 0.2) is 30.2 Å². The fraction of sp³-hybridized carbons (Fsp3) is 0. The summed E-state index contributed by atoms with van der Waals surface area (Å²) in [6, 6.07) is 0. The van der Waals surface area contributed by atoms with E-state index in [1.54, 1.807) is 0 Å². The first-order valence-corrected chi connectivity index (χ1v) is 2.36. The maximum absolute atomic E-state index is 4.83. The molecule has 0 bridgehead atoms. The lowest BCUT2D eigenvalue weighted by molar-refractivity contribution is 1.08. The van der Waals surface area contributed by atoms with Gasteiger partial charge in [-0.2, -0.15) is 0 Å². The average Bonchev–Trinajstić information content (AvgIpc) is 1.85. The van der Waals surface area contributed by atoms with Crippen LogP contribution in [0.4, 0.5) is 0 Å². The predicted molar refractivity (Wildman–Crippen MR) is 39.9 cm³/mol. The first-order valence-electron chi connectivity index (χ1n) is 2.36. The number of hydrogen-bond donors (Lipinski definition) is 2. The van der Waals surface area contributed by atoms with Crippen molar-refractivity contribution in [1.29, 1.82) is 0 Å². The number of nitrogens with one attached hydrogen (secondary N) is 2. The van der Waals surface area contributed by atoms with Crippen LogP contribution in [0, 0.1) is 0 Å². The smallest absolute Gasteiger partial charge is 0.251 e. The Balaban J connectivity index is 3.49. The summed E-state index contributed by atoms with van der Waals surface area (Å²) in [7, 11) is 4.83. The molecule has 0 aliphatic carbocycles. The summed E-state index contributed by atoms with van der Waals surface area (Å²) in [5, 5.41) is 8.28. The highest BCUT2D eigenvalue weighted by molar-refractivity contribution is 6.04. The van der Waals surface area contributed by atoms with E-state index in [2.05, 4.69) is 28.9 Å². The molecule has 0 spiro atoms. The SMILES string of the molecule is [B]N/N=C\C(=C)NC=C. The topological polar surface area (TPSA) is 36.4 Å². The third-order valence-corrected chi connectivity index (χ3v) is 0.582. The maximum atomic E-state index is 4.83. The number of hydrazone groups is 1. The first-order chi connectivity index (χ1) is 4.31. The fourth-order valence-corrected chi connectivity index (χ4v) is 0.284. The summed E-state index contributed by atoms with van der Waals surface area (Å²) in [5.41, 5.74) is 0.628. The van der Waals surface area contributed by atoms with Crippen LogP contribution in [-0.4, -0.2) is 14.2 Å². The Hall–Kier alpha value is -1.19. The Bertz CT molecular complexity index is 130. The molecular weight excluding hydrogens is 113 g/mol. The van der Waals surface area contributed by atoms with E-state index in [-0.39, 0.29) is 0 Å². The average molecular weight is 121 g/mol. The zero-order valence-electron chi connectivity index (χ0n) is 5.09. The van der Waals surface area contributed by atoms with Crippen molar-refractivity contribution in [2.45, 2.75) is 0 Å². The molecule has 0 aromatic rings. The summed E-state index contributed by atoms with van der Waals surface area (Å²) in [4.78, 5) is 0. The molecule has 0 aromatic carbocycles. The lowest BCUT2D eigenvalue weighted by atomic mass is 10.5. The number of rotatable bonds is 4. The number of allylic oxidation sites excluding steroid dienone is 1. The van der Waals surface area contributed by atoms with Gasteiger partial charge in [-0.3, -0.25) is 0 Å². The van der Waals surface area contributed by atoms with Crippen molar-refractivity contribution in [1.82, 2.24) is 10.7 Å². The van der Waals surface area contributed by atoms with Gasteiger partial charge in [0.25, 0.3) is 7.98 Å². The van der Waals surface area contributed by atoms with Crippen LogP contribution in [0.5, 0.6) is 0 Å². The molecule has 0 fully saturated rings. The van der Waals surface area contributed by atoms with Crippen LogP contribution >= 0.6 is 0 Å². The highest BCUT2D eigenvalue weighted by Gasteiger charge is 1.77. The molecule has 46 valence electrons. The summed E-state index contributed by atoms with van der Waals surface area (Å²) < 4.78 is 0. The third-order valence-electron chi connectivity index (χ3n) is 0.582. The van der Waals surface area contributed by atoms with Gasteiger partial charge in [0.2, 0.25) is 0 Å². The molecule has 0 unspecified atom stereocenters. The molecule has 4 heteroatoms. The lowest BCUT2D eigenvalue weighted by Crippen LogP contribution is -2.06. The Kier molecular flexibility index (Phi) is 4.31. The standard InChI is InChI=1S/C5H8BN3/c1-3-7-5(2)4-8-9-6/h3-4,7,9H,1-2H2/b8-4-. The lowest BCUT2D eigenvalue weighted by Gasteiger charge is -1.94. The second kappa shape index (κ2) is 4.96. The molecule has 0 aromatic heterocycles. The molecule has 0 aliphatic heterocycles. The molecule has 0 heterocycles. The summed E-state index contributed by atoms with van der Waals surface area (Å²) >= 11 is 0. The van der Waals surface area contributed by atoms with E-state index in [0.717, 1.165) is 0 Å². The molecule has 0 aliphatic rings. The van der Waals surface area contributed by atoms with E-state index >= 15 is 0 Å². The number of nitrogens with zero attached hydrogens (tertiary/aromatic N) is 1. The predicted octanol–water partition coefficient (Wildman–Crippen LogP) is -0.108. The first kappa shape index (κ1) is 7.81. The van der Waals surface area contributed by atoms with Crippen LogP contribution in [-0.2, 0) is 0 Å². The van der Waals surface area contributed by atoms with Crippen molar-refractivity contribution in [2.24, 2.45) is 5.10 Å². The monoisotopic (exact) mass is 121 g/mol. The molecule has 0 atom stereocenters. The molecule has 2 N–H and O–H groups in total. The molecule has 2 radical (unpaired) electrons. The molecule has 0 saturated carbocycles. The molecule has 0 rings (SSSR count). The van der Waals surface area contributed by atoms with Crippen LogP contribution in [0.1, 0.15) is 0 Å². The molecule has 3 nitrogen and oxygen atoms in total. The van der Waals surface area contributed by atoms with Gasteiger partial charge < -0.3 is 10.7 Å². The largest absolute Gasteiger partial charge is 0.366 e. The van der Waals surface area contributed by atoms with Crippen molar-refractivity contribution in [3.8, 4) is 0 Å². The molecule has 9 heavy (non-hydrogen) atoms. The van der Waals surface area contributed by atoms with E-state index in [0.29, 0.717) is 5.70 Å². The molecule has 0 saturated heterocycles. The van der Waals surface area contributed by atoms with Crippen molar-refractivity contribution in [3.63, 3.8) is 0 Å².